The van der Waals surface area contributed by atoms with E-state index < -0.39 is 6.04 Å². The maximum absolute atomic E-state index is 13.8. The van der Waals surface area contributed by atoms with Crippen LogP contribution in [0.1, 0.15) is 131 Å². The smallest absolute Gasteiger partial charge is 0.359 e. The van der Waals surface area contributed by atoms with Gasteiger partial charge in [0.1, 0.15) is 23.3 Å². The fraction of sp³-hybridized carbons (Fsp3) is 0.432. The van der Waals surface area contributed by atoms with E-state index >= 15 is 0 Å². The summed E-state index contributed by atoms with van der Waals surface area (Å²) in [6.07, 6.45) is 17.3. The molecule has 1 aliphatic rings. The van der Waals surface area contributed by atoms with Gasteiger partial charge in [0.15, 0.2) is 6.04 Å². The van der Waals surface area contributed by atoms with E-state index in [9.17, 15) is 9.90 Å². The summed E-state index contributed by atoms with van der Waals surface area (Å²) in [5.41, 5.74) is 6.95. The van der Waals surface area contributed by atoms with Gasteiger partial charge >= 0.3 is 11.7 Å². The number of nitrogens with one attached hydrogen (secondary N) is 1. The Morgan fingerprint density at radius 2 is 1.41 bits per heavy atom. The fourth-order valence-electron chi connectivity index (χ4n) is 6.45. The van der Waals surface area contributed by atoms with E-state index in [-0.39, 0.29) is 17.1 Å². The molecule has 0 amide bonds. The van der Waals surface area contributed by atoms with Crippen molar-refractivity contribution in [1.29, 1.82) is 0 Å². The summed E-state index contributed by atoms with van der Waals surface area (Å²) in [5.74, 6) is 7.62. The number of phenols is 1. The molecule has 0 spiro atoms. The minimum absolute atomic E-state index is 0.00196. The van der Waals surface area contributed by atoms with E-state index in [0.29, 0.717) is 18.5 Å². The SMILES string of the molecule is CCCCCCCCCCCCC#Cc1ccc(CC2Nc3c(Cc4ccc(C(C)(C)C)cc4)nc(-c4ccc(O)cc4)c[n+]3C2=O)cc1. The van der Waals surface area contributed by atoms with Crippen molar-refractivity contribution in [3.05, 3.63) is 107 Å². The van der Waals surface area contributed by atoms with E-state index in [2.05, 4.69) is 93.4 Å². The number of nitrogens with zero attached hydrogens (tertiary/aromatic N) is 2. The van der Waals surface area contributed by atoms with Crippen molar-refractivity contribution in [1.82, 2.24) is 4.98 Å². The highest BCUT2D eigenvalue weighted by atomic mass is 16.3. The van der Waals surface area contributed by atoms with Crippen molar-refractivity contribution < 1.29 is 14.5 Å². The minimum atomic E-state index is -0.396. The molecule has 5 rings (SSSR count). The molecule has 256 valence electrons. The first-order valence-electron chi connectivity index (χ1n) is 18.4. The summed E-state index contributed by atoms with van der Waals surface area (Å²) in [6.45, 7) is 8.91. The molecule has 1 aromatic heterocycles. The number of aromatic hydroxyl groups is 1. The van der Waals surface area contributed by atoms with Crippen molar-refractivity contribution in [3.8, 4) is 28.8 Å². The number of carbonyl (C=O) groups excluding carboxylic acids is 1. The molecule has 49 heavy (non-hydrogen) atoms. The monoisotopic (exact) mass is 656 g/mol. The van der Waals surface area contributed by atoms with Crippen LogP contribution >= 0.6 is 0 Å². The number of unbranched alkanes of at least 4 members (excludes halogenated alkanes) is 10. The van der Waals surface area contributed by atoms with E-state index in [1.165, 1.54) is 69.8 Å². The van der Waals surface area contributed by atoms with Crippen molar-refractivity contribution in [2.24, 2.45) is 0 Å². The third kappa shape index (κ3) is 10.3. The fourth-order valence-corrected chi connectivity index (χ4v) is 6.45. The second kappa shape index (κ2) is 17.3. The number of phenolic OH excluding ortho intramolecular Hbond substituents is 1. The lowest BCUT2D eigenvalue weighted by molar-refractivity contribution is -0.552. The van der Waals surface area contributed by atoms with Gasteiger partial charge in [-0.2, -0.15) is 4.57 Å². The number of carbonyl (C=O) groups is 1. The summed E-state index contributed by atoms with van der Waals surface area (Å²) in [7, 11) is 0. The van der Waals surface area contributed by atoms with Crippen LogP contribution in [0.4, 0.5) is 5.82 Å². The quantitative estimate of drug-likeness (QED) is 0.0759. The Morgan fingerprint density at radius 1 is 0.796 bits per heavy atom. The van der Waals surface area contributed by atoms with Gasteiger partial charge < -0.3 is 5.11 Å². The van der Waals surface area contributed by atoms with Crippen molar-refractivity contribution in [2.75, 3.05) is 5.32 Å². The maximum atomic E-state index is 13.8. The van der Waals surface area contributed by atoms with Crippen LogP contribution < -0.4 is 9.88 Å². The lowest BCUT2D eigenvalue weighted by atomic mass is 9.86. The largest absolute Gasteiger partial charge is 0.508 e. The molecule has 0 aliphatic carbocycles. The molecular weight excluding hydrogens is 603 g/mol. The lowest BCUT2D eigenvalue weighted by Crippen LogP contribution is -2.44. The Kier molecular flexibility index (Phi) is 12.7. The van der Waals surface area contributed by atoms with Gasteiger partial charge in [-0.25, -0.2) is 9.78 Å². The summed E-state index contributed by atoms with van der Waals surface area (Å²) >= 11 is 0. The molecule has 0 fully saturated rings. The van der Waals surface area contributed by atoms with Gasteiger partial charge in [0.05, 0.1) is 0 Å². The van der Waals surface area contributed by atoms with Crippen molar-refractivity contribution >= 4 is 11.7 Å². The number of rotatable bonds is 15. The molecule has 1 atom stereocenters. The third-order valence-electron chi connectivity index (χ3n) is 9.50. The van der Waals surface area contributed by atoms with E-state index in [4.69, 9.17) is 4.98 Å². The van der Waals surface area contributed by atoms with Gasteiger partial charge in [-0.3, -0.25) is 5.32 Å². The van der Waals surface area contributed by atoms with Crippen LogP contribution in [0.25, 0.3) is 11.3 Å². The molecule has 2 heterocycles. The summed E-state index contributed by atoms with van der Waals surface area (Å²) < 4.78 is 1.73. The molecule has 4 aromatic rings. The summed E-state index contributed by atoms with van der Waals surface area (Å²) in [4.78, 5) is 18.9. The van der Waals surface area contributed by atoms with Crippen LogP contribution in [-0.2, 0) is 18.3 Å². The van der Waals surface area contributed by atoms with Gasteiger partial charge in [0, 0.05) is 30.4 Å². The average Bonchev–Trinajstić information content (AvgIpc) is 3.40. The van der Waals surface area contributed by atoms with E-state index in [1.54, 1.807) is 16.7 Å². The molecule has 0 saturated heterocycles. The molecule has 0 bridgehead atoms. The highest BCUT2D eigenvalue weighted by Crippen LogP contribution is 2.27. The Labute approximate surface area is 294 Å². The Balaban J connectivity index is 1.20. The third-order valence-corrected chi connectivity index (χ3v) is 9.50. The molecule has 0 radical (unpaired) electrons. The zero-order valence-corrected chi connectivity index (χ0v) is 30.0. The second-order valence-corrected chi connectivity index (χ2v) is 14.6. The minimum Gasteiger partial charge on any atom is -0.508 e. The number of aromatic nitrogens is 2. The van der Waals surface area contributed by atoms with Crippen LogP contribution in [0.3, 0.4) is 0 Å². The van der Waals surface area contributed by atoms with Gasteiger partial charge in [-0.15, -0.1) is 0 Å². The highest BCUT2D eigenvalue weighted by molar-refractivity contribution is 5.82. The highest BCUT2D eigenvalue weighted by Gasteiger charge is 2.41. The first-order valence-corrected chi connectivity index (χ1v) is 18.4. The number of hydrogen-bond acceptors (Lipinski definition) is 4. The molecule has 0 saturated carbocycles. The van der Waals surface area contributed by atoms with Gasteiger partial charge in [0.25, 0.3) is 0 Å². The first-order chi connectivity index (χ1) is 23.7. The zero-order valence-electron chi connectivity index (χ0n) is 30.0. The number of hydrogen-bond donors (Lipinski definition) is 2. The molecule has 3 aromatic carbocycles. The Hall–Kier alpha value is -4.43. The molecule has 2 N–H and O–H groups in total. The lowest BCUT2D eigenvalue weighted by Gasteiger charge is -2.19. The van der Waals surface area contributed by atoms with E-state index in [0.717, 1.165) is 40.2 Å². The predicted molar refractivity (Wildman–Crippen MR) is 201 cm³/mol. The van der Waals surface area contributed by atoms with Crippen LogP contribution in [0, 0.1) is 11.8 Å². The molecule has 5 heteroatoms. The zero-order chi connectivity index (χ0) is 34.6. The van der Waals surface area contributed by atoms with Crippen molar-refractivity contribution in [3.63, 3.8) is 0 Å². The molecule has 1 unspecified atom stereocenters. The molecular formula is C44H54N3O2+. The molecule has 1 aliphatic heterocycles. The van der Waals surface area contributed by atoms with Crippen LogP contribution in [-0.4, -0.2) is 22.0 Å². The van der Waals surface area contributed by atoms with Crippen LogP contribution in [0.2, 0.25) is 0 Å². The number of anilines is 1. The average molecular weight is 657 g/mol. The second-order valence-electron chi connectivity index (χ2n) is 14.6. The van der Waals surface area contributed by atoms with Gasteiger partial charge in [-0.1, -0.05) is 134 Å². The standard InChI is InChI=1S/C44H53N3O2/c1-5-6-7-8-9-10-11-12-13-14-15-16-17-33-18-20-34(21-19-33)31-40-43(49)47-32-41(36-24-28-38(48)29-25-36)45-39(42(47)46-40)30-35-22-26-37(27-23-35)44(2,3)4/h18-29,32,40,48H,5-15,30-31H2,1-4H3/p+1. The topological polar surface area (TPSA) is 66.1 Å². The van der Waals surface area contributed by atoms with Gasteiger partial charge in [-0.05, 0) is 64.9 Å². The first kappa shape index (κ1) is 35.9. The maximum Gasteiger partial charge on any atom is 0.359 e. The van der Waals surface area contributed by atoms with Crippen LogP contribution in [0.5, 0.6) is 5.75 Å². The van der Waals surface area contributed by atoms with E-state index in [1.807, 2.05) is 18.3 Å². The van der Waals surface area contributed by atoms with Crippen LogP contribution in [0.15, 0.2) is 79.0 Å². The summed E-state index contributed by atoms with van der Waals surface area (Å²) in [6, 6.07) is 23.5. The normalized spacial score (nSPS) is 13.9. The van der Waals surface area contributed by atoms with Gasteiger partial charge in [0.2, 0.25) is 0 Å². The predicted octanol–water partition coefficient (Wildman–Crippen LogP) is 9.97. The van der Waals surface area contributed by atoms with Crippen molar-refractivity contribution in [2.45, 2.75) is 123 Å². The summed E-state index contributed by atoms with van der Waals surface area (Å²) in [5, 5.41) is 13.4. The number of fused-ring (bicyclic) bond motifs is 1. The number of benzene rings is 3. The molecule has 5 nitrogen and oxygen atoms in total. The Bertz CT molecular complexity index is 1720. The Morgan fingerprint density at radius 3 is 2.04 bits per heavy atom.